The van der Waals surface area contributed by atoms with E-state index in [1.54, 1.807) is 0 Å². The van der Waals surface area contributed by atoms with Gasteiger partial charge in [0, 0.05) is 18.9 Å². The lowest BCUT2D eigenvalue weighted by Crippen LogP contribution is -2.31. The molecule has 1 aliphatic carbocycles. The Morgan fingerprint density at radius 1 is 1.64 bits per heavy atom. The van der Waals surface area contributed by atoms with Gasteiger partial charge in [0.2, 0.25) is 0 Å². The zero-order chi connectivity index (χ0) is 8.43. The van der Waals surface area contributed by atoms with Crippen LogP contribution in [0.25, 0.3) is 0 Å². The maximum atomic E-state index is 10.9. The summed E-state index contributed by atoms with van der Waals surface area (Å²) in [6.07, 6.45) is 0.549. The molecule has 0 aromatic carbocycles. The SMILES string of the molecule is COC(=O)[C@@H]1CC(=O)C[C@@H]1N. The van der Waals surface area contributed by atoms with Crippen LogP contribution in [-0.4, -0.2) is 24.9 Å². The maximum absolute atomic E-state index is 10.9. The minimum Gasteiger partial charge on any atom is -0.469 e. The highest BCUT2D eigenvalue weighted by Gasteiger charge is 2.36. The van der Waals surface area contributed by atoms with Gasteiger partial charge in [0.1, 0.15) is 5.78 Å². The van der Waals surface area contributed by atoms with E-state index in [-0.39, 0.29) is 24.2 Å². The average molecular weight is 157 g/mol. The smallest absolute Gasteiger partial charge is 0.310 e. The van der Waals surface area contributed by atoms with Crippen LogP contribution in [0.4, 0.5) is 0 Å². The van der Waals surface area contributed by atoms with Crippen LogP contribution in [0.5, 0.6) is 0 Å². The average Bonchev–Trinajstić information content (AvgIpc) is 2.28. The quantitative estimate of drug-likeness (QED) is 0.519. The lowest BCUT2D eigenvalue weighted by molar-refractivity contribution is -0.146. The Bertz CT molecular complexity index is 190. The number of Topliss-reactive ketones (excluding diaryl/α,β-unsaturated/α-hetero) is 1. The van der Waals surface area contributed by atoms with Gasteiger partial charge in [0.05, 0.1) is 13.0 Å². The minimum atomic E-state index is -0.410. The van der Waals surface area contributed by atoms with Gasteiger partial charge in [-0.05, 0) is 0 Å². The fraction of sp³-hybridized carbons (Fsp3) is 0.714. The molecule has 2 N–H and O–H groups in total. The molecule has 0 aromatic rings. The monoisotopic (exact) mass is 157 g/mol. The second-order valence-electron chi connectivity index (χ2n) is 2.74. The van der Waals surface area contributed by atoms with Crippen molar-refractivity contribution in [1.29, 1.82) is 0 Å². The van der Waals surface area contributed by atoms with Gasteiger partial charge in [0.15, 0.2) is 0 Å². The third kappa shape index (κ3) is 1.57. The molecule has 0 unspecified atom stereocenters. The number of rotatable bonds is 1. The standard InChI is InChI=1S/C7H11NO3/c1-11-7(10)5-2-4(9)3-6(5)8/h5-6H,2-3,8H2,1H3/t5-,6+/m1/s1. The Morgan fingerprint density at radius 3 is 2.64 bits per heavy atom. The van der Waals surface area contributed by atoms with Crippen LogP contribution in [0.3, 0.4) is 0 Å². The Balaban J connectivity index is 2.59. The number of esters is 1. The number of carbonyl (C=O) groups excluding carboxylic acids is 2. The first-order valence-corrected chi connectivity index (χ1v) is 3.50. The van der Waals surface area contributed by atoms with Gasteiger partial charge in [-0.3, -0.25) is 9.59 Å². The second-order valence-corrected chi connectivity index (χ2v) is 2.74. The topological polar surface area (TPSA) is 69.4 Å². The number of hydrogen-bond donors (Lipinski definition) is 1. The summed E-state index contributed by atoms with van der Waals surface area (Å²) in [6, 6.07) is -0.338. The minimum absolute atomic E-state index is 0.0490. The van der Waals surface area contributed by atoms with E-state index in [9.17, 15) is 9.59 Å². The van der Waals surface area contributed by atoms with Gasteiger partial charge >= 0.3 is 5.97 Å². The summed E-state index contributed by atoms with van der Waals surface area (Å²) < 4.78 is 4.48. The summed E-state index contributed by atoms with van der Waals surface area (Å²) in [5.74, 6) is -0.733. The molecule has 1 saturated carbocycles. The zero-order valence-electron chi connectivity index (χ0n) is 6.37. The molecule has 1 rings (SSSR count). The van der Waals surface area contributed by atoms with E-state index in [0.29, 0.717) is 6.42 Å². The summed E-state index contributed by atoms with van der Waals surface area (Å²) in [6.45, 7) is 0. The number of carbonyl (C=O) groups is 2. The fourth-order valence-corrected chi connectivity index (χ4v) is 1.29. The Hall–Kier alpha value is -0.900. The molecule has 1 aliphatic rings. The van der Waals surface area contributed by atoms with Crippen LogP contribution in [0.15, 0.2) is 0 Å². The normalized spacial score (nSPS) is 30.5. The van der Waals surface area contributed by atoms with E-state index in [1.807, 2.05) is 0 Å². The maximum Gasteiger partial charge on any atom is 0.310 e. The summed E-state index contributed by atoms with van der Waals surface area (Å²) in [5.41, 5.74) is 5.52. The van der Waals surface area contributed by atoms with Crippen LogP contribution in [0.2, 0.25) is 0 Å². The summed E-state index contributed by atoms with van der Waals surface area (Å²) in [4.78, 5) is 21.7. The van der Waals surface area contributed by atoms with Crippen LogP contribution >= 0.6 is 0 Å². The van der Waals surface area contributed by atoms with Crippen molar-refractivity contribution in [2.24, 2.45) is 11.7 Å². The fourth-order valence-electron chi connectivity index (χ4n) is 1.29. The van der Waals surface area contributed by atoms with Crippen LogP contribution in [0, 0.1) is 5.92 Å². The van der Waals surface area contributed by atoms with Gasteiger partial charge < -0.3 is 10.5 Å². The van der Waals surface area contributed by atoms with Gasteiger partial charge in [-0.25, -0.2) is 0 Å². The van der Waals surface area contributed by atoms with Gasteiger partial charge in [-0.2, -0.15) is 0 Å². The highest BCUT2D eigenvalue weighted by atomic mass is 16.5. The van der Waals surface area contributed by atoms with Gasteiger partial charge in [-0.15, -0.1) is 0 Å². The number of ketones is 1. The molecule has 0 aliphatic heterocycles. The molecule has 0 spiro atoms. The summed E-state index contributed by atoms with van der Waals surface area (Å²) in [5, 5.41) is 0. The van der Waals surface area contributed by atoms with E-state index in [4.69, 9.17) is 5.73 Å². The molecule has 0 heterocycles. The van der Waals surface area contributed by atoms with Crippen molar-refractivity contribution in [3.8, 4) is 0 Å². The lowest BCUT2D eigenvalue weighted by Gasteiger charge is -2.10. The number of nitrogens with two attached hydrogens (primary N) is 1. The Morgan fingerprint density at radius 2 is 2.27 bits per heavy atom. The Kier molecular flexibility index (Phi) is 2.24. The Labute approximate surface area is 64.7 Å². The van der Waals surface area contributed by atoms with E-state index >= 15 is 0 Å². The molecule has 0 bridgehead atoms. The third-order valence-electron chi connectivity index (χ3n) is 1.93. The van der Waals surface area contributed by atoms with E-state index in [0.717, 1.165) is 0 Å². The van der Waals surface area contributed by atoms with Crippen molar-refractivity contribution in [2.45, 2.75) is 18.9 Å². The summed E-state index contributed by atoms with van der Waals surface area (Å²) >= 11 is 0. The highest BCUT2D eigenvalue weighted by Crippen LogP contribution is 2.21. The molecular weight excluding hydrogens is 146 g/mol. The predicted octanol–water partition coefficient (Wildman–Crippen LogP) is -0.534. The molecule has 1 fully saturated rings. The van der Waals surface area contributed by atoms with Crippen LogP contribution in [-0.2, 0) is 14.3 Å². The first kappa shape index (κ1) is 8.20. The van der Waals surface area contributed by atoms with E-state index < -0.39 is 5.92 Å². The molecule has 11 heavy (non-hydrogen) atoms. The molecule has 4 heteroatoms. The highest BCUT2D eigenvalue weighted by molar-refractivity contribution is 5.89. The third-order valence-corrected chi connectivity index (χ3v) is 1.93. The van der Waals surface area contributed by atoms with Crippen LogP contribution in [0.1, 0.15) is 12.8 Å². The largest absolute Gasteiger partial charge is 0.469 e. The second kappa shape index (κ2) is 3.00. The molecule has 0 amide bonds. The first-order chi connectivity index (χ1) is 5.15. The zero-order valence-corrected chi connectivity index (χ0v) is 6.37. The van der Waals surface area contributed by atoms with Crippen molar-refractivity contribution in [3.63, 3.8) is 0 Å². The van der Waals surface area contributed by atoms with E-state index in [2.05, 4.69) is 4.74 Å². The van der Waals surface area contributed by atoms with Crippen molar-refractivity contribution in [2.75, 3.05) is 7.11 Å². The molecule has 4 nitrogen and oxygen atoms in total. The number of methoxy groups -OCH3 is 1. The van der Waals surface area contributed by atoms with Crippen molar-refractivity contribution in [3.05, 3.63) is 0 Å². The molecular formula is C7H11NO3. The van der Waals surface area contributed by atoms with Crippen molar-refractivity contribution >= 4 is 11.8 Å². The number of ether oxygens (including phenoxy) is 1. The number of hydrogen-bond acceptors (Lipinski definition) is 4. The molecule has 62 valence electrons. The summed E-state index contributed by atoms with van der Waals surface area (Å²) in [7, 11) is 1.30. The molecule has 2 atom stereocenters. The molecule has 0 saturated heterocycles. The van der Waals surface area contributed by atoms with E-state index in [1.165, 1.54) is 7.11 Å². The van der Waals surface area contributed by atoms with Crippen molar-refractivity contribution < 1.29 is 14.3 Å². The molecule has 0 radical (unpaired) electrons. The van der Waals surface area contributed by atoms with Gasteiger partial charge in [-0.1, -0.05) is 0 Å². The predicted molar refractivity (Wildman–Crippen MR) is 37.7 cm³/mol. The lowest BCUT2D eigenvalue weighted by atomic mass is 10.1. The first-order valence-electron chi connectivity index (χ1n) is 3.50. The van der Waals surface area contributed by atoms with Crippen molar-refractivity contribution in [1.82, 2.24) is 0 Å². The van der Waals surface area contributed by atoms with Crippen LogP contribution < -0.4 is 5.73 Å². The molecule has 0 aromatic heterocycles. The van der Waals surface area contributed by atoms with Gasteiger partial charge in [0.25, 0.3) is 0 Å².